The Morgan fingerprint density at radius 3 is 2.17 bits per heavy atom. The monoisotopic (exact) mass is 177 g/mol. The van der Waals surface area contributed by atoms with Crippen molar-refractivity contribution in [2.45, 2.75) is 6.10 Å². The molecule has 6 nitrogen and oxygen atoms in total. The minimum absolute atomic E-state index is 0. The zero-order valence-corrected chi connectivity index (χ0v) is 6.28. The van der Waals surface area contributed by atoms with Crippen LogP contribution in [-0.4, -0.2) is 40.1 Å². The summed E-state index contributed by atoms with van der Waals surface area (Å²) in [5.74, 6) is -1.94. The van der Waals surface area contributed by atoms with E-state index in [9.17, 15) is 9.59 Å². The number of rotatable bonds is 4. The molecule has 0 aliphatic heterocycles. The molecule has 12 heavy (non-hydrogen) atoms. The van der Waals surface area contributed by atoms with Gasteiger partial charge in [0.1, 0.15) is 6.10 Å². The second-order valence-corrected chi connectivity index (χ2v) is 1.91. The van der Waals surface area contributed by atoms with Crippen LogP contribution in [0, 0.1) is 0 Å². The molecule has 0 bridgehead atoms. The molecule has 0 saturated heterocycles. The van der Waals surface area contributed by atoms with Gasteiger partial charge in [0.2, 0.25) is 0 Å². The van der Waals surface area contributed by atoms with Gasteiger partial charge in [0.15, 0.2) is 5.78 Å². The highest BCUT2D eigenvalue weighted by Crippen LogP contribution is 1.95. The average Bonchev–Trinajstić information content (AvgIpc) is 2.00. The van der Waals surface area contributed by atoms with E-state index in [0.717, 1.165) is 0 Å². The van der Waals surface area contributed by atoms with Gasteiger partial charge in [0.25, 0.3) is 5.91 Å². The molecule has 6 heteroatoms. The zero-order chi connectivity index (χ0) is 9.02. The van der Waals surface area contributed by atoms with E-state index in [1.165, 1.54) is 0 Å². The topological polar surface area (TPSA) is 132 Å². The third kappa shape index (κ3) is 3.24. The Kier molecular flexibility index (Phi) is 6.03. The number of Topliss-reactive ketones (excluding diaryl/α,β-unsaturated/α-hetero) is 1. The number of carbonyl (C=O) groups excluding carboxylic acids is 2. The Labute approximate surface area is 68.6 Å². The molecule has 0 aromatic heterocycles. The molecule has 1 unspecified atom stereocenters. The number of hydrogen-bond acceptors (Lipinski definition) is 4. The molecule has 0 saturated carbocycles. The molecule has 0 radical (unpaired) electrons. The molecule has 0 aromatic rings. The Bertz CT molecular complexity index is 200. The highest BCUT2D eigenvalue weighted by molar-refractivity contribution is 6.19. The van der Waals surface area contributed by atoms with E-state index in [1.54, 1.807) is 0 Å². The van der Waals surface area contributed by atoms with Crippen molar-refractivity contribution in [3.63, 3.8) is 0 Å². The molecular formula is C6H11NO5. The van der Waals surface area contributed by atoms with Gasteiger partial charge in [-0.05, 0) is 0 Å². The second-order valence-electron chi connectivity index (χ2n) is 1.91. The molecule has 6 N–H and O–H groups in total. The predicted molar refractivity (Wildman–Crippen MR) is 40.0 cm³/mol. The first kappa shape index (κ1) is 13.4. The molecule has 1 amide bonds. The quantitative estimate of drug-likeness (QED) is 0.242. The number of hydrogen-bond donors (Lipinski definition) is 3. The van der Waals surface area contributed by atoms with Crippen molar-refractivity contribution in [3.05, 3.63) is 12.2 Å². The largest absolute Gasteiger partial charge is 0.412 e. The van der Waals surface area contributed by atoms with Crippen LogP contribution in [0.3, 0.4) is 0 Å². The lowest BCUT2D eigenvalue weighted by atomic mass is 10.1. The van der Waals surface area contributed by atoms with Crippen LogP contribution in [0.5, 0.6) is 0 Å². The van der Waals surface area contributed by atoms with E-state index < -0.39 is 30.0 Å². The molecule has 0 heterocycles. The Morgan fingerprint density at radius 1 is 1.50 bits per heavy atom. The molecule has 0 aromatic carbocycles. The summed E-state index contributed by atoms with van der Waals surface area (Å²) < 4.78 is 0. The number of primary amides is 1. The van der Waals surface area contributed by atoms with Crippen molar-refractivity contribution in [2.24, 2.45) is 5.73 Å². The number of nitrogens with two attached hydrogens (primary N) is 1. The van der Waals surface area contributed by atoms with Crippen molar-refractivity contribution in [2.75, 3.05) is 6.61 Å². The van der Waals surface area contributed by atoms with Crippen molar-refractivity contribution in [1.82, 2.24) is 0 Å². The smallest absolute Gasteiger partial charge is 0.251 e. The maximum absolute atomic E-state index is 10.7. The molecular weight excluding hydrogens is 166 g/mol. The summed E-state index contributed by atoms with van der Waals surface area (Å²) in [6.07, 6.45) is -1.60. The van der Waals surface area contributed by atoms with Gasteiger partial charge >= 0.3 is 0 Å². The minimum Gasteiger partial charge on any atom is -0.412 e. The molecule has 0 aliphatic carbocycles. The zero-order valence-electron chi connectivity index (χ0n) is 6.28. The molecule has 70 valence electrons. The summed E-state index contributed by atoms with van der Waals surface area (Å²) in [4.78, 5) is 21.0. The molecule has 0 aliphatic rings. The Morgan fingerprint density at radius 2 is 1.92 bits per heavy atom. The van der Waals surface area contributed by atoms with E-state index in [1.807, 2.05) is 0 Å². The Balaban J connectivity index is 0. The van der Waals surface area contributed by atoms with Gasteiger partial charge in [0, 0.05) is 0 Å². The summed E-state index contributed by atoms with van der Waals surface area (Å²) in [5.41, 5.74) is 4.17. The van der Waals surface area contributed by atoms with E-state index >= 15 is 0 Å². The first-order valence-corrected chi connectivity index (χ1v) is 2.82. The van der Waals surface area contributed by atoms with Gasteiger partial charge in [-0.2, -0.15) is 0 Å². The van der Waals surface area contributed by atoms with Gasteiger partial charge in [0.05, 0.1) is 12.2 Å². The highest BCUT2D eigenvalue weighted by Gasteiger charge is 2.20. The molecule has 0 fully saturated rings. The summed E-state index contributed by atoms with van der Waals surface area (Å²) in [7, 11) is 0. The third-order valence-corrected chi connectivity index (χ3v) is 1.07. The number of ketones is 1. The molecule has 0 spiro atoms. The van der Waals surface area contributed by atoms with Gasteiger partial charge < -0.3 is 21.4 Å². The summed E-state index contributed by atoms with van der Waals surface area (Å²) in [6.45, 7) is 2.28. The van der Waals surface area contributed by atoms with E-state index in [0.29, 0.717) is 0 Å². The highest BCUT2D eigenvalue weighted by atomic mass is 16.3. The SMILES string of the molecule is C=C(C(N)=O)C(=O)C(O)CO.O. The first-order chi connectivity index (χ1) is 5.00. The number of aliphatic hydroxyl groups is 2. The van der Waals surface area contributed by atoms with Crippen LogP contribution in [0.4, 0.5) is 0 Å². The lowest BCUT2D eigenvalue weighted by Crippen LogP contribution is -2.31. The standard InChI is InChI=1S/C6H9NO4.H2O/c1-3(6(7)11)5(10)4(9)2-8;/h4,8-9H,1-2H2,(H2,7,11);1H2. The van der Waals surface area contributed by atoms with Crippen LogP contribution in [-0.2, 0) is 9.59 Å². The number of aliphatic hydroxyl groups excluding tert-OH is 2. The number of amides is 1. The van der Waals surface area contributed by atoms with Gasteiger partial charge in [-0.25, -0.2) is 0 Å². The Hall–Kier alpha value is -1.24. The predicted octanol–water partition coefficient (Wildman–Crippen LogP) is -2.87. The summed E-state index contributed by atoms with van der Waals surface area (Å²) >= 11 is 0. The lowest BCUT2D eigenvalue weighted by molar-refractivity contribution is -0.127. The van der Waals surface area contributed by atoms with Crippen LogP contribution in [0.1, 0.15) is 0 Å². The van der Waals surface area contributed by atoms with E-state index in [-0.39, 0.29) is 5.48 Å². The van der Waals surface area contributed by atoms with E-state index in [2.05, 4.69) is 12.3 Å². The maximum Gasteiger partial charge on any atom is 0.251 e. The minimum atomic E-state index is -1.60. The van der Waals surface area contributed by atoms with Crippen LogP contribution < -0.4 is 5.73 Å². The first-order valence-electron chi connectivity index (χ1n) is 2.82. The van der Waals surface area contributed by atoms with Crippen molar-refractivity contribution < 1.29 is 25.3 Å². The molecule has 0 rings (SSSR count). The van der Waals surface area contributed by atoms with Gasteiger partial charge in [-0.1, -0.05) is 6.58 Å². The average molecular weight is 177 g/mol. The normalized spacial score (nSPS) is 11.2. The van der Waals surface area contributed by atoms with Crippen LogP contribution in [0.25, 0.3) is 0 Å². The third-order valence-electron chi connectivity index (χ3n) is 1.07. The summed E-state index contributed by atoms with van der Waals surface area (Å²) in [5, 5.41) is 16.9. The fraction of sp³-hybridized carbons (Fsp3) is 0.333. The van der Waals surface area contributed by atoms with E-state index in [4.69, 9.17) is 10.2 Å². The fourth-order valence-corrected chi connectivity index (χ4v) is 0.405. The molecule has 1 atom stereocenters. The van der Waals surface area contributed by atoms with Crippen molar-refractivity contribution in [1.29, 1.82) is 0 Å². The van der Waals surface area contributed by atoms with Crippen molar-refractivity contribution >= 4 is 11.7 Å². The van der Waals surface area contributed by atoms with Crippen LogP contribution >= 0.6 is 0 Å². The van der Waals surface area contributed by atoms with Gasteiger partial charge in [-0.15, -0.1) is 0 Å². The maximum atomic E-state index is 10.7. The van der Waals surface area contributed by atoms with Gasteiger partial charge in [-0.3, -0.25) is 9.59 Å². The fourth-order valence-electron chi connectivity index (χ4n) is 0.405. The summed E-state index contributed by atoms with van der Waals surface area (Å²) in [6, 6.07) is 0. The second kappa shape index (κ2) is 5.42. The van der Waals surface area contributed by atoms with Crippen LogP contribution in [0.2, 0.25) is 0 Å². The number of carbonyl (C=O) groups is 2. The van der Waals surface area contributed by atoms with Crippen LogP contribution in [0.15, 0.2) is 12.2 Å². The van der Waals surface area contributed by atoms with Crippen molar-refractivity contribution in [3.8, 4) is 0 Å². The lowest BCUT2D eigenvalue weighted by Gasteiger charge is -2.04.